The third-order valence-electron chi connectivity index (χ3n) is 4.29. The Balaban J connectivity index is 0.00000320. The zero-order valence-corrected chi connectivity index (χ0v) is 20.0. The first-order chi connectivity index (χ1) is 14.2. The zero-order valence-electron chi connectivity index (χ0n) is 16.9. The van der Waals surface area contributed by atoms with E-state index in [1.54, 1.807) is 14.2 Å². The normalized spacial score (nSPS) is 11.0. The Labute approximate surface area is 198 Å². The van der Waals surface area contributed by atoms with E-state index >= 15 is 0 Å². The Morgan fingerprint density at radius 1 is 1.10 bits per heavy atom. The van der Waals surface area contributed by atoms with Gasteiger partial charge < -0.3 is 19.9 Å². The van der Waals surface area contributed by atoms with Crippen molar-refractivity contribution in [3.63, 3.8) is 0 Å². The van der Waals surface area contributed by atoms with E-state index in [0.29, 0.717) is 29.7 Å². The number of ether oxygens (including phenoxy) is 1. The van der Waals surface area contributed by atoms with Crippen LogP contribution in [0.1, 0.15) is 11.5 Å². The second kappa shape index (κ2) is 12.4. The third-order valence-corrected chi connectivity index (χ3v) is 4.52. The fourth-order valence-corrected chi connectivity index (χ4v) is 3.03. The van der Waals surface area contributed by atoms with Crippen LogP contribution >= 0.6 is 35.6 Å². The highest BCUT2D eigenvalue weighted by Crippen LogP contribution is 2.20. The summed E-state index contributed by atoms with van der Waals surface area (Å²) in [5.74, 6) is 2.69. The van der Waals surface area contributed by atoms with Crippen LogP contribution in [0, 0.1) is 0 Å². The molecular weight excluding hydrogens is 517 g/mol. The molecule has 0 aliphatic carbocycles. The van der Waals surface area contributed by atoms with Gasteiger partial charge in [-0.25, -0.2) is 0 Å². The minimum atomic E-state index is 0. The lowest BCUT2D eigenvalue weighted by Crippen LogP contribution is -2.39. The molecule has 0 bridgehead atoms. The van der Waals surface area contributed by atoms with Crippen LogP contribution in [0.2, 0.25) is 5.02 Å². The van der Waals surface area contributed by atoms with Crippen LogP contribution in [-0.2, 0) is 12.8 Å². The van der Waals surface area contributed by atoms with E-state index in [-0.39, 0.29) is 24.0 Å². The standard InChI is InChI=1S/C21H24ClN5O2.HI/c1-23-21(24-12-10-15-6-3-4-9-18(15)28-2)25-13-11-19-26-20(27-29-19)16-7-5-8-17(22)14-16;/h3-9,14H,10-13H2,1-2H3,(H2,23,24,25);1H. The molecule has 0 radical (unpaired) electrons. The second-order valence-electron chi connectivity index (χ2n) is 6.26. The van der Waals surface area contributed by atoms with E-state index in [1.807, 2.05) is 42.5 Å². The molecule has 9 heteroatoms. The molecule has 0 unspecified atom stereocenters. The molecule has 1 heterocycles. The Bertz CT molecular complexity index is 964. The van der Waals surface area contributed by atoms with Gasteiger partial charge in [-0.3, -0.25) is 4.99 Å². The van der Waals surface area contributed by atoms with E-state index in [9.17, 15) is 0 Å². The van der Waals surface area contributed by atoms with Gasteiger partial charge in [0.05, 0.1) is 7.11 Å². The maximum absolute atomic E-state index is 6.01. The summed E-state index contributed by atoms with van der Waals surface area (Å²) >= 11 is 6.01. The molecule has 30 heavy (non-hydrogen) atoms. The quantitative estimate of drug-likeness (QED) is 0.255. The molecule has 0 saturated carbocycles. The fourth-order valence-electron chi connectivity index (χ4n) is 2.83. The average molecular weight is 542 g/mol. The van der Waals surface area contributed by atoms with Gasteiger partial charge in [-0.15, -0.1) is 24.0 Å². The lowest BCUT2D eigenvalue weighted by molar-refractivity contribution is 0.378. The van der Waals surface area contributed by atoms with Crippen molar-refractivity contribution in [2.45, 2.75) is 12.8 Å². The monoisotopic (exact) mass is 541 g/mol. The van der Waals surface area contributed by atoms with Crippen LogP contribution in [0.4, 0.5) is 0 Å². The summed E-state index contributed by atoms with van der Waals surface area (Å²) in [6.07, 6.45) is 1.41. The van der Waals surface area contributed by atoms with Crippen LogP contribution in [0.3, 0.4) is 0 Å². The van der Waals surface area contributed by atoms with Crippen molar-refractivity contribution in [1.29, 1.82) is 0 Å². The Kier molecular flexibility index (Phi) is 9.88. The smallest absolute Gasteiger partial charge is 0.228 e. The van der Waals surface area contributed by atoms with Gasteiger partial charge in [0.1, 0.15) is 5.75 Å². The molecule has 1 aromatic heterocycles. The number of para-hydroxylation sites is 1. The van der Waals surface area contributed by atoms with E-state index in [4.69, 9.17) is 20.9 Å². The summed E-state index contributed by atoms with van der Waals surface area (Å²) in [5.41, 5.74) is 1.98. The molecule has 160 valence electrons. The Morgan fingerprint density at radius 3 is 2.60 bits per heavy atom. The average Bonchev–Trinajstić information content (AvgIpc) is 3.22. The summed E-state index contributed by atoms with van der Waals surface area (Å²) in [7, 11) is 3.42. The molecule has 0 fully saturated rings. The van der Waals surface area contributed by atoms with Gasteiger partial charge >= 0.3 is 0 Å². The van der Waals surface area contributed by atoms with Crippen molar-refractivity contribution in [1.82, 2.24) is 20.8 Å². The van der Waals surface area contributed by atoms with Crippen molar-refractivity contribution in [3.8, 4) is 17.1 Å². The molecule has 2 N–H and O–H groups in total. The molecule has 7 nitrogen and oxygen atoms in total. The summed E-state index contributed by atoms with van der Waals surface area (Å²) < 4.78 is 10.7. The van der Waals surface area contributed by atoms with E-state index < -0.39 is 0 Å². The first kappa shape index (κ1) is 23.9. The first-order valence-electron chi connectivity index (χ1n) is 9.34. The molecule has 3 aromatic rings. The van der Waals surface area contributed by atoms with E-state index in [0.717, 1.165) is 35.8 Å². The predicted molar refractivity (Wildman–Crippen MR) is 130 cm³/mol. The predicted octanol–water partition coefficient (Wildman–Crippen LogP) is 3.97. The number of nitrogens with one attached hydrogen (secondary N) is 2. The lowest BCUT2D eigenvalue weighted by atomic mass is 10.1. The fraction of sp³-hybridized carbons (Fsp3) is 0.286. The summed E-state index contributed by atoms with van der Waals surface area (Å²) in [6.45, 7) is 1.35. The SMILES string of the molecule is CN=C(NCCc1nc(-c2cccc(Cl)c2)no1)NCCc1ccccc1OC.I. The van der Waals surface area contributed by atoms with Gasteiger partial charge in [0.15, 0.2) is 5.96 Å². The van der Waals surface area contributed by atoms with Crippen molar-refractivity contribution in [3.05, 3.63) is 65.0 Å². The van der Waals surface area contributed by atoms with Gasteiger partial charge in [-0.05, 0) is 30.2 Å². The highest BCUT2D eigenvalue weighted by Gasteiger charge is 2.09. The number of hydrogen-bond donors (Lipinski definition) is 2. The van der Waals surface area contributed by atoms with Gasteiger partial charge in [0, 0.05) is 37.1 Å². The minimum Gasteiger partial charge on any atom is -0.496 e. The van der Waals surface area contributed by atoms with Gasteiger partial charge in [-0.2, -0.15) is 4.98 Å². The largest absolute Gasteiger partial charge is 0.496 e. The number of methoxy groups -OCH3 is 1. The topological polar surface area (TPSA) is 84.6 Å². The molecule has 0 aliphatic heterocycles. The highest BCUT2D eigenvalue weighted by atomic mass is 127. The first-order valence-corrected chi connectivity index (χ1v) is 9.72. The highest BCUT2D eigenvalue weighted by molar-refractivity contribution is 14.0. The van der Waals surface area contributed by atoms with Crippen LogP contribution < -0.4 is 15.4 Å². The molecule has 0 amide bonds. The van der Waals surface area contributed by atoms with Gasteiger partial charge in [0.2, 0.25) is 11.7 Å². The minimum absolute atomic E-state index is 0. The lowest BCUT2D eigenvalue weighted by Gasteiger charge is -2.12. The Morgan fingerprint density at radius 2 is 1.87 bits per heavy atom. The van der Waals surface area contributed by atoms with Gasteiger partial charge in [0.25, 0.3) is 0 Å². The number of aromatic nitrogens is 2. The van der Waals surface area contributed by atoms with Crippen LogP contribution in [0.25, 0.3) is 11.4 Å². The number of guanidine groups is 1. The number of halogens is 2. The number of nitrogens with zero attached hydrogens (tertiary/aromatic N) is 3. The third kappa shape index (κ3) is 6.88. The van der Waals surface area contributed by atoms with Crippen LogP contribution in [-0.4, -0.2) is 43.3 Å². The maximum Gasteiger partial charge on any atom is 0.228 e. The molecule has 0 atom stereocenters. The molecule has 3 rings (SSSR count). The number of aliphatic imine (C=N–C) groups is 1. The molecular formula is C21H25ClIN5O2. The number of hydrogen-bond acceptors (Lipinski definition) is 5. The van der Waals surface area contributed by atoms with Crippen molar-refractivity contribution in [2.24, 2.45) is 4.99 Å². The maximum atomic E-state index is 6.01. The molecule has 0 aliphatic rings. The van der Waals surface area contributed by atoms with Gasteiger partial charge in [-0.1, -0.05) is 47.1 Å². The number of benzene rings is 2. The second-order valence-corrected chi connectivity index (χ2v) is 6.70. The van der Waals surface area contributed by atoms with Crippen molar-refractivity contribution in [2.75, 3.05) is 27.2 Å². The van der Waals surface area contributed by atoms with E-state index in [2.05, 4.69) is 31.8 Å². The van der Waals surface area contributed by atoms with E-state index in [1.165, 1.54) is 0 Å². The Hall–Kier alpha value is -2.33. The van der Waals surface area contributed by atoms with Crippen LogP contribution in [0.15, 0.2) is 58.0 Å². The molecule has 0 spiro atoms. The summed E-state index contributed by atoms with van der Waals surface area (Å²) in [5, 5.41) is 11.2. The molecule has 0 saturated heterocycles. The van der Waals surface area contributed by atoms with Crippen molar-refractivity contribution < 1.29 is 9.26 Å². The summed E-state index contributed by atoms with van der Waals surface area (Å²) in [4.78, 5) is 8.65. The number of rotatable bonds is 8. The van der Waals surface area contributed by atoms with Crippen LogP contribution in [0.5, 0.6) is 5.75 Å². The summed E-state index contributed by atoms with van der Waals surface area (Å²) in [6, 6.07) is 15.4. The molecule has 2 aromatic carbocycles. The van der Waals surface area contributed by atoms with Crippen molar-refractivity contribution >= 4 is 41.5 Å². The zero-order chi connectivity index (χ0) is 20.5.